The molecule has 0 aromatic heterocycles. The Morgan fingerprint density at radius 3 is 2.12 bits per heavy atom. The van der Waals surface area contributed by atoms with Gasteiger partial charge in [0, 0.05) is 5.92 Å². The molecule has 1 aliphatic rings. The van der Waals surface area contributed by atoms with Crippen molar-refractivity contribution in [3.8, 4) is 0 Å². The molecule has 25 heavy (non-hydrogen) atoms. The van der Waals surface area contributed by atoms with Crippen molar-refractivity contribution in [2.45, 2.75) is 72.2 Å². The van der Waals surface area contributed by atoms with E-state index in [0.717, 1.165) is 11.1 Å². The zero-order valence-electron chi connectivity index (χ0n) is 16.1. The van der Waals surface area contributed by atoms with Crippen LogP contribution in [-0.2, 0) is 9.59 Å². The molecule has 0 heterocycles. The van der Waals surface area contributed by atoms with Gasteiger partial charge in [-0.05, 0) is 40.5 Å². The molecule has 0 spiro atoms. The van der Waals surface area contributed by atoms with Crippen molar-refractivity contribution in [1.29, 1.82) is 0 Å². The molecule has 0 aromatic carbocycles. The monoisotopic (exact) mass is 352 g/mol. The number of allylic oxidation sites excluding steroid dienone is 3. The maximum absolute atomic E-state index is 12.8. The standard InChI is InChI=1S/C20H32O5/c1-11(2)7-9-14-18(23)16(17(22)13(5)6)19(24)20(14,25)15(21)10-8-12(3)4/h7-8,13-16,19,21,24-25H,9-10H2,1-6H3/t14?,15-,16?,19?,20+/m0/s1. The Kier molecular flexibility index (Phi) is 7.29. The van der Waals surface area contributed by atoms with Crippen LogP contribution in [0.1, 0.15) is 54.4 Å². The SMILES string of the molecule is CC(C)=CCC1C(=O)C(C(=O)C(C)C)C(O)[C@]1(O)[C@@H](O)CC=C(C)C. The number of carbonyl (C=O) groups is 2. The Morgan fingerprint density at radius 2 is 1.68 bits per heavy atom. The highest BCUT2D eigenvalue weighted by Gasteiger charge is 2.63. The van der Waals surface area contributed by atoms with Crippen molar-refractivity contribution in [1.82, 2.24) is 0 Å². The number of hydrogen-bond acceptors (Lipinski definition) is 5. The van der Waals surface area contributed by atoms with Gasteiger partial charge in [-0.3, -0.25) is 9.59 Å². The van der Waals surface area contributed by atoms with Gasteiger partial charge in [0.05, 0.1) is 12.0 Å². The van der Waals surface area contributed by atoms with Crippen molar-refractivity contribution in [3.05, 3.63) is 23.3 Å². The number of aliphatic hydroxyl groups excluding tert-OH is 2. The summed E-state index contributed by atoms with van der Waals surface area (Å²) < 4.78 is 0. The second-order valence-electron chi connectivity index (χ2n) is 7.87. The highest BCUT2D eigenvalue weighted by Crippen LogP contribution is 2.44. The molecule has 1 rings (SSSR count). The average molecular weight is 352 g/mol. The van der Waals surface area contributed by atoms with Gasteiger partial charge in [-0.15, -0.1) is 0 Å². The van der Waals surface area contributed by atoms with Gasteiger partial charge < -0.3 is 15.3 Å². The molecule has 0 aromatic rings. The molecule has 5 heteroatoms. The molecule has 1 fully saturated rings. The topological polar surface area (TPSA) is 94.8 Å². The van der Waals surface area contributed by atoms with Gasteiger partial charge in [0.2, 0.25) is 0 Å². The average Bonchev–Trinajstić information content (AvgIpc) is 2.69. The maximum atomic E-state index is 12.8. The summed E-state index contributed by atoms with van der Waals surface area (Å²) in [6, 6.07) is 0. The molecule has 0 aliphatic heterocycles. The van der Waals surface area contributed by atoms with Crippen LogP contribution in [0.15, 0.2) is 23.3 Å². The van der Waals surface area contributed by atoms with E-state index in [1.165, 1.54) is 0 Å². The minimum atomic E-state index is -2.04. The molecule has 5 atom stereocenters. The Labute approximate surface area is 150 Å². The molecule has 1 aliphatic carbocycles. The summed E-state index contributed by atoms with van der Waals surface area (Å²) in [6.07, 6.45) is 0.887. The molecule has 0 bridgehead atoms. The molecule has 5 nitrogen and oxygen atoms in total. The van der Waals surface area contributed by atoms with Crippen molar-refractivity contribution in [2.24, 2.45) is 17.8 Å². The first-order valence-corrected chi connectivity index (χ1v) is 8.87. The van der Waals surface area contributed by atoms with E-state index in [1.54, 1.807) is 26.0 Å². The molecule has 3 N–H and O–H groups in total. The van der Waals surface area contributed by atoms with Crippen LogP contribution in [-0.4, -0.2) is 44.7 Å². The second kappa shape index (κ2) is 8.39. The highest BCUT2D eigenvalue weighted by molar-refractivity contribution is 6.07. The largest absolute Gasteiger partial charge is 0.390 e. The summed E-state index contributed by atoms with van der Waals surface area (Å²) >= 11 is 0. The lowest BCUT2D eigenvalue weighted by Gasteiger charge is -2.36. The van der Waals surface area contributed by atoms with Crippen molar-refractivity contribution < 1.29 is 24.9 Å². The van der Waals surface area contributed by atoms with Crippen LogP contribution in [0.2, 0.25) is 0 Å². The van der Waals surface area contributed by atoms with Crippen molar-refractivity contribution >= 4 is 11.6 Å². The lowest BCUT2D eigenvalue weighted by Crippen LogP contribution is -2.55. The number of Topliss-reactive ketones (excluding diaryl/α,β-unsaturated/α-hetero) is 2. The highest BCUT2D eigenvalue weighted by atomic mass is 16.4. The Bertz CT molecular complexity index is 567. The molecular formula is C20H32O5. The Morgan fingerprint density at radius 1 is 1.16 bits per heavy atom. The summed E-state index contributed by atoms with van der Waals surface area (Å²) in [5.74, 6) is -3.62. The van der Waals surface area contributed by atoms with E-state index >= 15 is 0 Å². The molecule has 1 saturated carbocycles. The minimum Gasteiger partial charge on any atom is -0.390 e. The van der Waals surface area contributed by atoms with E-state index in [0.29, 0.717) is 0 Å². The van der Waals surface area contributed by atoms with Crippen molar-refractivity contribution in [3.63, 3.8) is 0 Å². The van der Waals surface area contributed by atoms with Crippen LogP contribution in [0.3, 0.4) is 0 Å². The lowest BCUT2D eigenvalue weighted by atomic mass is 9.79. The fraction of sp³-hybridized carbons (Fsp3) is 0.700. The van der Waals surface area contributed by atoms with Crippen LogP contribution >= 0.6 is 0 Å². The number of ketones is 2. The third-order valence-corrected chi connectivity index (χ3v) is 4.92. The molecule has 142 valence electrons. The Hall–Kier alpha value is -1.30. The summed E-state index contributed by atoms with van der Waals surface area (Å²) in [7, 11) is 0. The van der Waals surface area contributed by atoms with Crippen molar-refractivity contribution in [2.75, 3.05) is 0 Å². The normalized spacial score (nSPS) is 30.3. The molecular weight excluding hydrogens is 320 g/mol. The van der Waals surface area contributed by atoms with Gasteiger partial charge in [-0.1, -0.05) is 37.1 Å². The van der Waals surface area contributed by atoms with Gasteiger partial charge in [-0.25, -0.2) is 0 Å². The molecule has 0 radical (unpaired) electrons. The van der Waals surface area contributed by atoms with Gasteiger partial charge in [0.25, 0.3) is 0 Å². The summed E-state index contributed by atoms with van der Waals surface area (Å²) in [5, 5.41) is 32.4. The fourth-order valence-corrected chi connectivity index (χ4v) is 3.35. The number of rotatable bonds is 7. The van der Waals surface area contributed by atoms with E-state index in [-0.39, 0.29) is 12.8 Å². The first-order valence-electron chi connectivity index (χ1n) is 8.87. The third kappa shape index (κ3) is 4.46. The maximum Gasteiger partial charge on any atom is 0.152 e. The Balaban J connectivity index is 3.31. The summed E-state index contributed by atoms with van der Waals surface area (Å²) in [5.41, 5.74) is -0.122. The lowest BCUT2D eigenvalue weighted by molar-refractivity contribution is -0.163. The second-order valence-corrected chi connectivity index (χ2v) is 7.87. The molecule has 0 saturated heterocycles. The van der Waals surface area contributed by atoms with E-state index in [9.17, 15) is 24.9 Å². The van der Waals surface area contributed by atoms with E-state index in [1.807, 2.05) is 27.7 Å². The summed E-state index contributed by atoms with van der Waals surface area (Å²) in [4.78, 5) is 25.3. The number of aliphatic hydroxyl groups is 3. The summed E-state index contributed by atoms with van der Waals surface area (Å²) in [6.45, 7) is 10.8. The van der Waals surface area contributed by atoms with Crippen LogP contribution in [0.4, 0.5) is 0 Å². The van der Waals surface area contributed by atoms with Gasteiger partial charge in [0.15, 0.2) is 5.78 Å². The molecule has 0 amide bonds. The minimum absolute atomic E-state index is 0.108. The van der Waals surface area contributed by atoms with E-state index in [2.05, 4.69) is 0 Å². The van der Waals surface area contributed by atoms with Crippen LogP contribution in [0.25, 0.3) is 0 Å². The van der Waals surface area contributed by atoms with Crippen LogP contribution < -0.4 is 0 Å². The first kappa shape index (κ1) is 21.7. The van der Waals surface area contributed by atoms with Gasteiger partial charge >= 0.3 is 0 Å². The third-order valence-electron chi connectivity index (χ3n) is 4.92. The van der Waals surface area contributed by atoms with E-state index in [4.69, 9.17) is 0 Å². The molecule has 3 unspecified atom stereocenters. The van der Waals surface area contributed by atoms with Crippen LogP contribution in [0, 0.1) is 17.8 Å². The van der Waals surface area contributed by atoms with Gasteiger partial charge in [0.1, 0.15) is 23.4 Å². The number of carbonyl (C=O) groups excluding carboxylic acids is 2. The smallest absolute Gasteiger partial charge is 0.152 e. The predicted molar refractivity (Wildman–Crippen MR) is 96.9 cm³/mol. The van der Waals surface area contributed by atoms with E-state index < -0.39 is 47.1 Å². The first-order chi connectivity index (χ1) is 11.4. The zero-order valence-corrected chi connectivity index (χ0v) is 16.1. The predicted octanol–water partition coefficient (Wildman–Crippen LogP) is 2.19. The number of hydrogen-bond donors (Lipinski definition) is 3. The quantitative estimate of drug-likeness (QED) is 0.482. The van der Waals surface area contributed by atoms with Gasteiger partial charge in [-0.2, -0.15) is 0 Å². The van der Waals surface area contributed by atoms with Crippen LogP contribution in [0.5, 0.6) is 0 Å². The zero-order chi connectivity index (χ0) is 19.5. The fourth-order valence-electron chi connectivity index (χ4n) is 3.35.